The summed E-state index contributed by atoms with van der Waals surface area (Å²) in [5.74, 6) is 1.95. The molecule has 0 fully saturated rings. The zero-order chi connectivity index (χ0) is 12.9. The number of rotatable bonds is 5. The Bertz CT molecular complexity index is 322. The molecule has 1 aromatic rings. The van der Waals surface area contributed by atoms with Crippen molar-refractivity contribution >= 4 is 11.8 Å². The number of hydrogen-bond acceptors (Lipinski definition) is 2. The lowest BCUT2D eigenvalue weighted by Crippen LogP contribution is -2.35. The molecule has 0 atom stereocenters. The van der Waals surface area contributed by atoms with E-state index in [0.717, 1.165) is 12.5 Å². The number of hydrogen-bond donors (Lipinski definition) is 1. The third-order valence-electron chi connectivity index (χ3n) is 2.33. The lowest BCUT2D eigenvalue weighted by molar-refractivity contribution is 0.424. The molecule has 0 aliphatic heterocycles. The second-order valence-electron chi connectivity index (χ2n) is 5.95. The van der Waals surface area contributed by atoms with E-state index in [1.165, 1.54) is 16.2 Å². The van der Waals surface area contributed by atoms with Gasteiger partial charge in [-0.25, -0.2) is 0 Å². The van der Waals surface area contributed by atoms with E-state index in [0.29, 0.717) is 0 Å². The van der Waals surface area contributed by atoms with Crippen LogP contribution >= 0.6 is 11.8 Å². The lowest BCUT2D eigenvalue weighted by atomic mass is 10.1. The van der Waals surface area contributed by atoms with Crippen LogP contribution in [0.15, 0.2) is 29.2 Å². The van der Waals surface area contributed by atoms with Gasteiger partial charge in [0.2, 0.25) is 0 Å². The molecule has 0 aromatic heterocycles. The molecular weight excluding hydrogens is 226 g/mol. The van der Waals surface area contributed by atoms with Crippen LogP contribution < -0.4 is 5.32 Å². The predicted octanol–water partition coefficient (Wildman–Crippen LogP) is 4.32. The fourth-order valence-corrected chi connectivity index (χ4v) is 2.19. The van der Waals surface area contributed by atoms with Crippen molar-refractivity contribution in [2.45, 2.75) is 51.6 Å². The van der Waals surface area contributed by atoms with Crippen molar-refractivity contribution in [2.75, 3.05) is 5.75 Å². The molecule has 0 spiro atoms. The van der Waals surface area contributed by atoms with Crippen LogP contribution in [0.2, 0.25) is 0 Å². The molecule has 0 heterocycles. The first kappa shape index (κ1) is 14.6. The van der Waals surface area contributed by atoms with Crippen LogP contribution in [0.5, 0.6) is 0 Å². The average Bonchev–Trinajstić information content (AvgIpc) is 2.24. The highest BCUT2D eigenvalue weighted by Crippen LogP contribution is 2.21. The van der Waals surface area contributed by atoms with Gasteiger partial charge in [-0.15, -0.1) is 11.8 Å². The van der Waals surface area contributed by atoms with Crippen molar-refractivity contribution in [3.8, 4) is 0 Å². The molecule has 0 aliphatic rings. The fraction of sp³-hybridized carbons (Fsp3) is 0.600. The Morgan fingerprint density at radius 3 is 2.18 bits per heavy atom. The van der Waals surface area contributed by atoms with E-state index < -0.39 is 0 Å². The summed E-state index contributed by atoms with van der Waals surface area (Å²) in [4.78, 5) is 1.37. The normalized spacial score (nSPS) is 12.1. The first-order valence-corrected chi connectivity index (χ1v) is 7.32. The third-order valence-corrected chi connectivity index (χ3v) is 3.77. The van der Waals surface area contributed by atoms with Crippen molar-refractivity contribution in [3.63, 3.8) is 0 Å². The number of thioether (sulfide) groups is 1. The quantitative estimate of drug-likeness (QED) is 0.782. The van der Waals surface area contributed by atoms with E-state index in [4.69, 9.17) is 0 Å². The average molecular weight is 251 g/mol. The Labute approximate surface area is 110 Å². The minimum absolute atomic E-state index is 0.186. The summed E-state index contributed by atoms with van der Waals surface area (Å²) in [6.45, 7) is 12.0. The Balaban J connectivity index is 2.45. The summed E-state index contributed by atoms with van der Waals surface area (Å²) < 4.78 is 0. The topological polar surface area (TPSA) is 12.0 Å². The van der Waals surface area contributed by atoms with Gasteiger partial charge in [0, 0.05) is 22.7 Å². The number of nitrogens with one attached hydrogen (secondary N) is 1. The van der Waals surface area contributed by atoms with Crippen molar-refractivity contribution in [1.29, 1.82) is 0 Å². The maximum atomic E-state index is 3.50. The predicted molar refractivity (Wildman–Crippen MR) is 78.6 cm³/mol. The summed E-state index contributed by atoms with van der Waals surface area (Å²) in [7, 11) is 0. The largest absolute Gasteiger partial charge is 0.308 e. The monoisotopic (exact) mass is 251 g/mol. The first-order valence-electron chi connectivity index (χ1n) is 6.33. The molecular formula is C15H25NS. The third kappa shape index (κ3) is 6.75. The van der Waals surface area contributed by atoms with Gasteiger partial charge in [0.1, 0.15) is 0 Å². The van der Waals surface area contributed by atoms with Crippen LogP contribution in [0.1, 0.15) is 40.2 Å². The van der Waals surface area contributed by atoms with E-state index in [1.807, 2.05) is 11.8 Å². The molecule has 0 amide bonds. The van der Waals surface area contributed by atoms with E-state index >= 15 is 0 Å². The zero-order valence-electron chi connectivity index (χ0n) is 11.7. The summed E-state index contributed by atoms with van der Waals surface area (Å²) in [5, 5.41) is 3.50. The summed E-state index contributed by atoms with van der Waals surface area (Å²) >= 11 is 1.94. The zero-order valence-corrected chi connectivity index (χ0v) is 12.5. The Morgan fingerprint density at radius 2 is 1.71 bits per heavy atom. The Hall–Kier alpha value is -0.470. The highest BCUT2D eigenvalue weighted by Gasteiger charge is 2.08. The Morgan fingerprint density at radius 1 is 1.12 bits per heavy atom. The smallest absolute Gasteiger partial charge is 0.0210 e. The minimum atomic E-state index is 0.186. The maximum Gasteiger partial charge on any atom is 0.0210 e. The van der Waals surface area contributed by atoms with Crippen molar-refractivity contribution in [1.82, 2.24) is 5.32 Å². The second kappa shape index (κ2) is 6.46. The van der Waals surface area contributed by atoms with Crippen molar-refractivity contribution in [3.05, 3.63) is 29.8 Å². The molecule has 0 saturated heterocycles. The molecule has 0 bridgehead atoms. The van der Waals surface area contributed by atoms with E-state index in [-0.39, 0.29) is 5.54 Å². The molecule has 0 aliphatic carbocycles. The number of benzene rings is 1. The summed E-state index contributed by atoms with van der Waals surface area (Å²) in [6.07, 6.45) is 0. The van der Waals surface area contributed by atoms with Gasteiger partial charge < -0.3 is 5.32 Å². The van der Waals surface area contributed by atoms with E-state index in [2.05, 4.69) is 64.2 Å². The van der Waals surface area contributed by atoms with Gasteiger partial charge in [-0.3, -0.25) is 0 Å². The summed E-state index contributed by atoms with van der Waals surface area (Å²) in [6, 6.07) is 8.91. The molecule has 1 aromatic carbocycles. The van der Waals surface area contributed by atoms with Gasteiger partial charge >= 0.3 is 0 Å². The molecule has 0 saturated carbocycles. The highest BCUT2D eigenvalue weighted by molar-refractivity contribution is 7.99. The highest BCUT2D eigenvalue weighted by atomic mass is 32.2. The van der Waals surface area contributed by atoms with Crippen molar-refractivity contribution in [2.24, 2.45) is 5.92 Å². The van der Waals surface area contributed by atoms with Gasteiger partial charge in [0.25, 0.3) is 0 Å². The lowest BCUT2D eigenvalue weighted by Gasteiger charge is -2.20. The SMILES string of the molecule is CC(C)CSc1ccc(CNC(C)(C)C)cc1. The standard InChI is InChI=1S/C15H25NS/c1-12(2)11-17-14-8-6-13(7-9-14)10-16-15(3,4)5/h6-9,12,16H,10-11H2,1-5H3. The molecule has 1 N–H and O–H groups in total. The van der Waals surface area contributed by atoms with Crippen LogP contribution in [0.3, 0.4) is 0 Å². The first-order chi connectivity index (χ1) is 7.87. The van der Waals surface area contributed by atoms with Crippen molar-refractivity contribution < 1.29 is 0 Å². The minimum Gasteiger partial charge on any atom is -0.308 e. The molecule has 96 valence electrons. The van der Waals surface area contributed by atoms with Gasteiger partial charge in [-0.2, -0.15) is 0 Å². The maximum absolute atomic E-state index is 3.50. The molecule has 2 heteroatoms. The molecule has 0 unspecified atom stereocenters. The van der Waals surface area contributed by atoms with Gasteiger partial charge in [0.05, 0.1) is 0 Å². The van der Waals surface area contributed by atoms with E-state index in [9.17, 15) is 0 Å². The van der Waals surface area contributed by atoms with Crippen LogP contribution in [0.4, 0.5) is 0 Å². The van der Waals surface area contributed by atoms with Crippen LogP contribution in [0, 0.1) is 5.92 Å². The molecule has 0 radical (unpaired) electrons. The fourth-order valence-electron chi connectivity index (χ4n) is 1.33. The van der Waals surface area contributed by atoms with Crippen LogP contribution in [-0.2, 0) is 6.54 Å². The summed E-state index contributed by atoms with van der Waals surface area (Å²) in [5.41, 5.74) is 1.54. The van der Waals surface area contributed by atoms with Gasteiger partial charge in [-0.1, -0.05) is 26.0 Å². The molecule has 1 nitrogen and oxygen atoms in total. The van der Waals surface area contributed by atoms with Crippen LogP contribution in [0.25, 0.3) is 0 Å². The molecule has 1 rings (SSSR count). The van der Waals surface area contributed by atoms with Gasteiger partial charge in [-0.05, 0) is 44.4 Å². The second-order valence-corrected chi connectivity index (χ2v) is 7.05. The Kier molecular flexibility index (Phi) is 5.54. The van der Waals surface area contributed by atoms with Gasteiger partial charge in [0.15, 0.2) is 0 Å². The van der Waals surface area contributed by atoms with E-state index in [1.54, 1.807) is 0 Å². The van der Waals surface area contributed by atoms with Crippen LogP contribution in [-0.4, -0.2) is 11.3 Å². The molecule has 17 heavy (non-hydrogen) atoms.